The van der Waals surface area contributed by atoms with Crippen LogP contribution in [0.4, 0.5) is 4.79 Å². The second-order valence-corrected chi connectivity index (χ2v) is 7.20. The fourth-order valence-electron chi connectivity index (χ4n) is 3.51. The highest BCUT2D eigenvalue weighted by Gasteiger charge is 2.49. The molecule has 2 aliphatic rings. The van der Waals surface area contributed by atoms with Gasteiger partial charge in [0.1, 0.15) is 6.04 Å². The third-order valence-corrected chi connectivity index (χ3v) is 5.48. The van der Waals surface area contributed by atoms with E-state index in [-0.39, 0.29) is 24.3 Å². The lowest BCUT2D eigenvalue weighted by Crippen LogP contribution is -2.40. The minimum atomic E-state index is -0.200. The van der Waals surface area contributed by atoms with Gasteiger partial charge in [0.2, 0.25) is 0 Å². The number of nitrogens with zero attached hydrogens (tertiary/aromatic N) is 1. The van der Waals surface area contributed by atoms with Crippen LogP contribution in [0, 0.1) is 6.92 Å². The fraction of sp³-hybridized carbons (Fsp3) is 0.353. The van der Waals surface area contributed by atoms with Crippen molar-refractivity contribution in [3.05, 3.63) is 57.3 Å². The number of ether oxygens (including phenoxy) is 1. The summed E-state index contributed by atoms with van der Waals surface area (Å²) in [5, 5.41) is 0. The predicted molar refractivity (Wildman–Crippen MR) is 82.5 cm³/mol. The highest BCUT2D eigenvalue weighted by atomic mass is 32.1. The Balaban J connectivity index is 1.84. The van der Waals surface area contributed by atoms with E-state index in [2.05, 4.69) is 19.9 Å². The van der Waals surface area contributed by atoms with Crippen molar-refractivity contribution in [2.75, 3.05) is 0 Å². The number of carbonyl (C=O) groups excluding carboxylic acids is 1. The van der Waals surface area contributed by atoms with E-state index in [0.29, 0.717) is 0 Å². The van der Waals surface area contributed by atoms with Gasteiger partial charge in [-0.1, -0.05) is 30.3 Å². The molecule has 2 aliphatic heterocycles. The first-order valence-corrected chi connectivity index (χ1v) is 8.10. The van der Waals surface area contributed by atoms with Crippen LogP contribution in [-0.2, 0) is 11.2 Å². The van der Waals surface area contributed by atoms with Gasteiger partial charge in [0.25, 0.3) is 0 Å². The summed E-state index contributed by atoms with van der Waals surface area (Å²) in [7, 11) is 0. The molecule has 0 radical (unpaired) electrons. The van der Waals surface area contributed by atoms with E-state index in [9.17, 15) is 4.79 Å². The number of cyclic esters (lactones) is 1. The zero-order valence-corrected chi connectivity index (χ0v) is 12.9. The van der Waals surface area contributed by atoms with Crippen molar-refractivity contribution in [3.8, 4) is 0 Å². The van der Waals surface area contributed by atoms with Gasteiger partial charge in [-0.3, -0.25) is 4.90 Å². The molecule has 0 spiro atoms. The normalized spacial score (nSPS) is 27.2. The van der Waals surface area contributed by atoms with Crippen molar-refractivity contribution in [2.45, 2.75) is 38.5 Å². The number of rotatable bonds is 1. The van der Waals surface area contributed by atoms with Crippen LogP contribution in [0.15, 0.2) is 36.4 Å². The van der Waals surface area contributed by atoms with Crippen LogP contribution in [0.3, 0.4) is 0 Å². The maximum absolute atomic E-state index is 12.3. The number of fused-ring (bicyclic) bond motifs is 3. The lowest BCUT2D eigenvalue weighted by Gasteiger charge is -2.34. The van der Waals surface area contributed by atoms with Crippen LogP contribution in [0.2, 0.25) is 0 Å². The van der Waals surface area contributed by atoms with Crippen LogP contribution in [0.1, 0.15) is 40.0 Å². The summed E-state index contributed by atoms with van der Waals surface area (Å²) < 4.78 is 5.72. The molecule has 2 aromatic rings. The van der Waals surface area contributed by atoms with Crippen molar-refractivity contribution in [1.82, 2.24) is 4.90 Å². The molecular formula is C17H17NO2S. The van der Waals surface area contributed by atoms with E-state index in [1.807, 2.05) is 46.6 Å². The monoisotopic (exact) mass is 299 g/mol. The van der Waals surface area contributed by atoms with E-state index in [1.54, 1.807) is 0 Å². The smallest absolute Gasteiger partial charge is 0.411 e. The molecule has 3 atom stereocenters. The summed E-state index contributed by atoms with van der Waals surface area (Å²) in [5.41, 5.74) is 2.34. The summed E-state index contributed by atoms with van der Waals surface area (Å²) >= 11 is 1.85. The van der Waals surface area contributed by atoms with Crippen molar-refractivity contribution in [1.29, 1.82) is 0 Å². The third kappa shape index (κ3) is 1.89. The molecule has 1 aromatic carbocycles. The van der Waals surface area contributed by atoms with Gasteiger partial charge in [-0.2, -0.15) is 0 Å². The molecule has 21 heavy (non-hydrogen) atoms. The number of benzene rings is 1. The van der Waals surface area contributed by atoms with Gasteiger partial charge in [-0.15, -0.1) is 11.3 Å². The summed E-state index contributed by atoms with van der Waals surface area (Å²) in [5.74, 6) is 0. The van der Waals surface area contributed by atoms with Gasteiger partial charge in [0.15, 0.2) is 6.10 Å². The Hall–Kier alpha value is -1.81. The molecule has 1 fully saturated rings. The average Bonchev–Trinajstić information content (AvgIpc) is 3.00. The molecule has 0 saturated carbocycles. The number of aryl methyl sites for hydroxylation is 1. The first kappa shape index (κ1) is 12.9. The summed E-state index contributed by atoms with van der Waals surface area (Å²) in [6.45, 7) is 4.24. The molecule has 1 amide bonds. The Labute approximate surface area is 128 Å². The maximum atomic E-state index is 12.3. The molecule has 0 unspecified atom stereocenters. The zero-order valence-electron chi connectivity index (χ0n) is 12.1. The highest BCUT2D eigenvalue weighted by Crippen LogP contribution is 2.49. The molecule has 0 N–H and O–H groups in total. The lowest BCUT2D eigenvalue weighted by molar-refractivity contribution is 0.128. The summed E-state index contributed by atoms with van der Waals surface area (Å²) in [6, 6.07) is 12.5. The molecule has 3 heterocycles. The van der Waals surface area contributed by atoms with E-state index < -0.39 is 0 Å². The topological polar surface area (TPSA) is 29.5 Å². The molecular weight excluding hydrogens is 282 g/mol. The molecule has 0 bridgehead atoms. The number of hydrogen-bond acceptors (Lipinski definition) is 3. The SMILES string of the molecule is Cc1cc2c(s1)C[C@@H](C)N1C(=O)O[C@@H](c3ccccc3)[C@@H]21. The van der Waals surface area contributed by atoms with Crippen LogP contribution in [0.5, 0.6) is 0 Å². The fourth-order valence-corrected chi connectivity index (χ4v) is 4.71. The van der Waals surface area contributed by atoms with Gasteiger partial charge in [-0.25, -0.2) is 4.79 Å². The van der Waals surface area contributed by atoms with Crippen molar-refractivity contribution >= 4 is 17.4 Å². The van der Waals surface area contributed by atoms with Crippen LogP contribution < -0.4 is 0 Å². The Kier molecular flexibility index (Phi) is 2.82. The van der Waals surface area contributed by atoms with E-state index in [1.165, 1.54) is 15.3 Å². The zero-order chi connectivity index (χ0) is 14.6. The number of amides is 1. The Morgan fingerprint density at radius 1 is 1.29 bits per heavy atom. The number of carbonyl (C=O) groups is 1. The van der Waals surface area contributed by atoms with Gasteiger partial charge in [-0.05, 0) is 31.0 Å². The first-order chi connectivity index (χ1) is 10.1. The van der Waals surface area contributed by atoms with E-state index in [4.69, 9.17) is 4.74 Å². The molecule has 0 aliphatic carbocycles. The summed E-state index contributed by atoms with van der Waals surface area (Å²) in [4.78, 5) is 17.0. The average molecular weight is 299 g/mol. The van der Waals surface area contributed by atoms with Gasteiger partial charge in [0.05, 0.1) is 0 Å². The van der Waals surface area contributed by atoms with E-state index in [0.717, 1.165) is 12.0 Å². The molecule has 4 heteroatoms. The largest absolute Gasteiger partial charge is 0.439 e. The molecule has 1 aromatic heterocycles. The van der Waals surface area contributed by atoms with Crippen molar-refractivity contribution in [3.63, 3.8) is 0 Å². The standard InChI is InChI=1S/C17H17NO2S/c1-10-8-14-13(9-11(2)21-14)15-16(20-17(19)18(10)15)12-6-4-3-5-7-12/h3-7,9-10,15-16H,8H2,1-2H3/t10-,15-,16+/m1/s1. The highest BCUT2D eigenvalue weighted by molar-refractivity contribution is 7.12. The second kappa shape index (κ2) is 4.60. The quantitative estimate of drug-likeness (QED) is 0.788. The minimum absolute atomic E-state index is 0.0172. The van der Waals surface area contributed by atoms with Gasteiger partial charge in [0, 0.05) is 22.2 Å². The van der Waals surface area contributed by atoms with Gasteiger partial charge >= 0.3 is 6.09 Å². The number of hydrogen-bond donors (Lipinski definition) is 0. The summed E-state index contributed by atoms with van der Waals surface area (Å²) in [6.07, 6.45) is 0.547. The van der Waals surface area contributed by atoms with E-state index >= 15 is 0 Å². The second-order valence-electron chi connectivity index (χ2n) is 5.86. The molecule has 4 rings (SSSR count). The van der Waals surface area contributed by atoms with Crippen LogP contribution >= 0.6 is 11.3 Å². The first-order valence-electron chi connectivity index (χ1n) is 7.28. The van der Waals surface area contributed by atoms with Crippen LogP contribution in [0.25, 0.3) is 0 Å². The molecule has 1 saturated heterocycles. The number of thiophene rings is 1. The maximum Gasteiger partial charge on any atom is 0.411 e. The van der Waals surface area contributed by atoms with Crippen molar-refractivity contribution < 1.29 is 9.53 Å². The third-order valence-electron chi connectivity index (χ3n) is 4.39. The Bertz CT molecular complexity index is 694. The Morgan fingerprint density at radius 3 is 2.81 bits per heavy atom. The molecule has 3 nitrogen and oxygen atoms in total. The Morgan fingerprint density at radius 2 is 2.05 bits per heavy atom. The minimum Gasteiger partial charge on any atom is -0.439 e. The van der Waals surface area contributed by atoms with Crippen LogP contribution in [-0.4, -0.2) is 17.0 Å². The van der Waals surface area contributed by atoms with Crippen molar-refractivity contribution in [2.24, 2.45) is 0 Å². The van der Waals surface area contributed by atoms with Gasteiger partial charge < -0.3 is 4.74 Å². The predicted octanol–water partition coefficient (Wildman–Crippen LogP) is 4.24. The molecule has 108 valence electrons. The lowest BCUT2D eigenvalue weighted by atomic mass is 9.90.